The number of allylic oxidation sites excluding steroid dienone is 1. The van der Waals surface area contributed by atoms with E-state index < -0.39 is 12.0 Å². The zero-order valence-electron chi connectivity index (χ0n) is 13.9. The number of carboxylic acid groups (broad SMARTS) is 1. The van der Waals surface area contributed by atoms with Gasteiger partial charge in [-0.05, 0) is 37.0 Å². The van der Waals surface area contributed by atoms with Gasteiger partial charge in [0.25, 0.3) is 0 Å². The molecule has 0 aliphatic heterocycles. The lowest BCUT2D eigenvalue weighted by Gasteiger charge is -2.13. The molecule has 0 aliphatic rings. The van der Waals surface area contributed by atoms with Gasteiger partial charge in [-0.15, -0.1) is 0 Å². The van der Waals surface area contributed by atoms with Crippen molar-refractivity contribution in [1.82, 2.24) is 5.32 Å². The van der Waals surface area contributed by atoms with Crippen LogP contribution in [0.4, 0.5) is 0 Å². The predicted molar refractivity (Wildman–Crippen MR) is 89.5 cm³/mol. The maximum atomic E-state index is 12.0. The van der Waals surface area contributed by atoms with Crippen LogP contribution in [0.25, 0.3) is 0 Å². The molecule has 1 unspecified atom stereocenters. The summed E-state index contributed by atoms with van der Waals surface area (Å²) < 4.78 is 5.58. The Kier molecular flexibility index (Phi) is 7.88. The molecule has 0 bridgehead atoms. The van der Waals surface area contributed by atoms with Gasteiger partial charge in [0.2, 0.25) is 5.91 Å². The first kappa shape index (κ1) is 18.7. The van der Waals surface area contributed by atoms with Crippen molar-refractivity contribution in [3.63, 3.8) is 0 Å². The standard InChI is InChI=1S/C18H25NO4/c1-4-5-6-16(18(21)22)19-17(20)11-14-7-9-15(10-8-14)23-12-13(2)3/h4-5,7-10,13,16H,6,11-12H2,1-3H3,(H,19,20)(H,21,22)/b5-4+. The normalized spacial score (nSPS) is 12.3. The minimum absolute atomic E-state index is 0.143. The van der Waals surface area contributed by atoms with Crippen LogP contribution < -0.4 is 10.1 Å². The Morgan fingerprint density at radius 1 is 1.26 bits per heavy atom. The molecule has 1 atom stereocenters. The fourth-order valence-corrected chi connectivity index (χ4v) is 1.89. The highest BCUT2D eigenvalue weighted by atomic mass is 16.5. The minimum atomic E-state index is -1.03. The largest absolute Gasteiger partial charge is 0.493 e. The van der Waals surface area contributed by atoms with Crippen LogP contribution in [0.1, 0.15) is 32.8 Å². The lowest BCUT2D eigenvalue weighted by Crippen LogP contribution is -2.41. The van der Waals surface area contributed by atoms with Crippen LogP contribution in [-0.4, -0.2) is 29.6 Å². The summed E-state index contributed by atoms with van der Waals surface area (Å²) in [7, 11) is 0. The van der Waals surface area contributed by atoms with Crippen molar-refractivity contribution in [2.24, 2.45) is 5.92 Å². The Morgan fingerprint density at radius 2 is 1.91 bits per heavy atom. The summed E-state index contributed by atoms with van der Waals surface area (Å²) in [6, 6.07) is 6.37. The van der Waals surface area contributed by atoms with Gasteiger partial charge in [-0.25, -0.2) is 4.79 Å². The quantitative estimate of drug-likeness (QED) is 0.686. The molecule has 0 fully saturated rings. The molecule has 0 saturated carbocycles. The average Bonchev–Trinajstić information content (AvgIpc) is 2.50. The van der Waals surface area contributed by atoms with Gasteiger partial charge in [0.15, 0.2) is 0 Å². The molecular formula is C18H25NO4. The summed E-state index contributed by atoms with van der Waals surface area (Å²) in [5.74, 6) is -0.128. The first-order valence-electron chi connectivity index (χ1n) is 7.77. The molecule has 0 radical (unpaired) electrons. The smallest absolute Gasteiger partial charge is 0.326 e. The van der Waals surface area contributed by atoms with E-state index in [-0.39, 0.29) is 18.7 Å². The third-order valence-electron chi connectivity index (χ3n) is 3.11. The van der Waals surface area contributed by atoms with Crippen LogP contribution >= 0.6 is 0 Å². The number of carbonyl (C=O) groups excluding carboxylic acids is 1. The van der Waals surface area contributed by atoms with Gasteiger partial charge in [0, 0.05) is 0 Å². The zero-order chi connectivity index (χ0) is 17.2. The monoisotopic (exact) mass is 319 g/mol. The van der Waals surface area contributed by atoms with Crippen molar-refractivity contribution in [1.29, 1.82) is 0 Å². The van der Waals surface area contributed by atoms with Crippen molar-refractivity contribution in [2.75, 3.05) is 6.61 Å². The van der Waals surface area contributed by atoms with Gasteiger partial charge in [-0.3, -0.25) is 4.79 Å². The molecule has 2 N–H and O–H groups in total. The highest BCUT2D eigenvalue weighted by Crippen LogP contribution is 2.13. The zero-order valence-corrected chi connectivity index (χ0v) is 13.9. The number of aliphatic carboxylic acids is 1. The van der Waals surface area contributed by atoms with E-state index in [0.717, 1.165) is 11.3 Å². The molecule has 1 amide bonds. The van der Waals surface area contributed by atoms with Crippen molar-refractivity contribution in [3.05, 3.63) is 42.0 Å². The maximum Gasteiger partial charge on any atom is 0.326 e. The molecule has 0 spiro atoms. The number of rotatable bonds is 9. The Morgan fingerprint density at radius 3 is 2.43 bits per heavy atom. The van der Waals surface area contributed by atoms with E-state index in [4.69, 9.17) is 9.84 Å². The van der Waals surface area contributed by atoms with Crippen LogP contribution in [0, 0.1) is 5.92 Å². The Labute approximate surface area is 137 Å². The SMILES string of the molecule is C/C=C/CC(NC(=O)Cc1ccc(OCC(C)C)cc1)C(=O)O. The fourth-order valence-electron chi connectivity index (χ4n) is 1.89. The van der Waals surface area contributed by atoms with Gasteiger partial charge in [-0.2, -0.15) is 0 Å². The highest BCUT2D eigenvalue weighted by molar-refractivity contribution is 5.84. The van der Waals surface area contributed by atoms with Crippen LogP contribution in [0.2, 0.25) is 0 Å². The molecule has 5 heteroatoms. The van der Waals surface area contributed by atoms with E-state index in [2.05, 4.69) is 19.2 Å². The second-order valence-electron chi connectivity index (χ2n) is 5.79. The molecule has 0 heterocycles. The molecule has 1 rings (SSSR count). The van der Waals surface area contributed by atoms with E-state index in [9.17, 15) is 9.59 Å². The molecule has 0 aromatic heterocycles. The summed E-state index contributed by atoms with van der Waals surface area (Å²) in [6.45, 7) is 6.60. The molecule has 1 aromatic rings. The van der Waals surface area contributed by atoms with E-state index in [1.165, 1.54) is 0 Å². The number of hydrogen-bond acceptors (Lipinski definition) is 3. The summed E-state index contributed by atoms with van der Waals surface area (Å²) in [5, 5.41) is 11.6. The van der Waals surface area contributed by atoms with E-state index in [1.54, 1.807) is 12.2 Å². The Balaban J connectivity index is 2.54. The number of carboxylic acids is 1. The highest BCUT2D eigenvalue weighted by Gasteiger charge is 2.18. The van der Waals surface area contributed by atoms with E-state index in [1.807, 2.05) is 31.2 Å². The molecular weight excluding hydrogens is 294 g/mol. The lowest BCUT2D eigenvalue weighted by molar-refractivity contribution is -0.141. The van der Waals surface area contributed by atoms with Crippen LogP contribution in [0.15, 0.2) is 36.4 Å². The van der Waals surface area contributed by atoms with Crippen molar-refractivity contribution in [2.45, 2.75) is 39.7 Å². The summed E-state index contributed by atoms with van der Waals surface area (Å²) in [6.07, 6.45) is 3.90. The third kappa shape index (κ3) is 7.49. The van der Waals surface area contributed by atoms with E-state index in [0.29, 0.717) is 12.5 Å². The first-order valence-corrected chi connectivity index (χ1v) is 7.77. The summed E-state index contributed by atoms with van der Waals surface area (Å²) in [4.78, 5) is 23.1. The van der Waals surface area contributed by atoms with Crippen molar-refractivity contribution < 1.29 is 19.4 Å². The van der Waals surface area contributed by atoms with E-state index >= 15 is 0 Å². The lowest BCUT2D eigenvalue weighted by atomic mass is 10.1. The van der Waals surface area contributed by atoms with Gasteiger partial charge >= 0.3 is 5.97 Å². The second-order valence-corrected chi connectivity index (χ2v) is 5.79. The Hall–Kier alpha value is -2.30. The second kappa shape index (κ2) is 9.66. The number of ether oxygens (including phenoxy) is 1. The van der Waals surface area contributed by atoms with Gasteiger partial charge in [0.1, 0.15) is 11.8 Å². The first-order chi connectivity index (χ1) is 10.9. The molecule has 0 aliphatic carbocycles. The van der Waals surface area contributed by atoms with Crippen LogP contribution in [0.3, 0.4) is 0 Å². The van der Waals surface area contributed by atoms with Crippen molar-refractivity contribution in [3.8, 4) is 5.75 Å². The Bertz CT molecular complexity index is 534. The molecule has 5 nitrogen and oxygen atoms in total. The number of hydrogen-bond donors (Lipinski definition) is 2. The number of benzene rings is 1. The van der Waals surface area contributed by atoms with Gasteiger partial charge in [0.05, 0.1) is 13.0 Å². The number of nitrogens with one attached hydrogen (secondary N) is 1. The summed E-state index contributed by atoms with van der Waals surface area (Å²) >= 11 is 0. The minimum Gasteiger partial charge on any atom is -0.493 e. The predicted octanol–water partition coefficient (Wildman–Crippen LogP) is 2.80. The molecule has 126 valence electrons. The van der Waals surface area contributed by atoms with Gasteiger partial charge in [-0.1, -0.05) is 38.1 Å². The van der Waals surface area contributed by atoms with Gasteiger partial charge < -0.3 is 15.2 Å². The average molecular weight is 319 g/mol. The molecule has 23 heavy (non-hydrogen) atoms. The van der Waals surface area contributed by atoms with Crippen molar-refractivity contribution >= 4 is 11.9 Å². The third-order valence-corrected chi connectivity index (χ3v) is 3.11. The molecule has 0 saturated heterocycles. The topological polar surface area (TPSA) is 75.6 Å². The fraction of sp³-hybridized carbons (Fsp3) is 0.444. The van der Waals surface area contributed by atoms with Crippen LogP contribution in [-0.2, 0) is 16.0 Å². The van der Waals surface area contributed by atoms with Crippen LogP contribution in [0.5, 0.6) is 5.75 Å². The molecule has 1 aromatic carbocycles. The number of carbonyl (C=O) groups is 2. The maximum absolute atomic E-state index is 12.0. The summed E-state index contributed by atoms with van der Waals surface area (Å²) in [5.41, 5.74) is 0.814. The number of amides is 1.